The predicted octanol–water partition coefficient (Wildman–Crippen LogP) is 3.77. The Kier molecular flexibility index (Phi) is 6.52. The third-order valence-corrected chi connectivity index (χ3v) is 6.48. The molecule has 6 heteroatoms. The Hall–Kier alpha value is -2.18. The number of para-hydroxylation sites is 1. The molecule has 2 aromatic rings. The summed E-state index contributed by atoms with van der Waals surface area (Å²) in [4.78, 5) is 30.4. The highest BCUT2D eigenvalue weighted by Crippen LogP contribution is 2.34. The minimum atomic E-state index is -0.168. The van der Waals surface area contributed by atoms with Gasteiger partial charge in [0.25, 0.3) is 0 Å². The summed E-state index contributed by atoms with van der Waals surface area (Å²) in [6, 6.07) is 8.38. The third kappa shape index (κ3) is 4.45. The van der Waals surface area contributed by atoms with Gasteiger partial charge in [-0.15, -0.1) is 11.3 Å². The molecule has 150 valence electrons. The highest BCUT2D eigenvalue weighted by Gasteiger charge is 2.29. The average molecular weight is 400 g/mol. The van der Waals surface area contributed by atoms with Gasteiger partial charge in [0.05, 0.1) is 13.1 Å². The molecule has 0 spiro atoms. The largest absolute Gasteiger partial charge is 0.335 e. The Bertz CT molecular complexity index is 841. The smallest absolute Gasteiger partial charge is 0.243 e. The van der Waals surface area contributed by atoms with E-state index in [1.165, 1.54) is 15.3 Å². The number of carbonyl (C=O) groups excluding carboxylic acids is 2. The summed E-state index contributed by atoms with van der Waals surface area (Å²) in [5, 5.41) is 5.09. The lowest BCUT2D eigenvalue weighted by atomic mass is 9.98. The van der Waals surface area contributed by atoms with Gasteiger partial charge in [-0.1, -0.05) is 25.1 Å². The quantitative estimate of drug-likeness (QED) is 0.804. The number of benzene rings is 1. The van der Waals surface area contributed by atoms with Crippen LogP contribution in [0.5, 0.6) is 0 Å². The zero-order valence-electron chi connectivity index (χ0n) is 17.1. The van der Waals surface area contributed by atoms with Gasteiger partial charge in [0.15, 0.2) is 0 Å². The summed E-state index contributed by atoms with van der Waals surface area (Å²) in [6.45, 7) is 7.40. The Labute approximate surface area is 171 Å². The number of nitrogens with zero attached hydrogens (tertiary/aromatic N) is 2. The van der Waals surface area contributed by atoms with E-state index in [0.717, 1.165) is 36.2 Å². The maximum absolute atomic E-state index is 12.8. The first-order chi connectivity index (χ1) is 13.4. The molecule has 0 saturated heterocycles. The van der Waals surface area contributed by atoms with Crippen LogP contribution in [0.2, 0.25) is 0 Å². The maximum Gasteiger partial charge on any atom is 0.243 e. The van der Waals surface area contributed by atoms with Gasteiger partial charge in [-0.3, -0.25) is 14.5 Å². The predicted molar refractivity (Wildman–Crippen MR) is 115 cm³/mol. The topological polar surface area (TPSA) is 52.7 Å². The Balaban J connectivity index is 1.58. The molecule has 0 saturated carbocycles. The summed E-state index contributed by atoms with van der Waals surface area (Å²) < 4.78 is 0. The van der Waals surface area contributed by atoms with Crippen LogP contribution < -0.4 is 5.32 Å². The lowest BCUT2D eigenvalue weighted by molar-refractivity contribution is -0.135. The summed E-state index contributed by atoms with van der Waals surface area (Å²) in [5.74, 6) is -0.187. The second-order valence-electron chi connectivity index (χ2n) is 7.51. The van der Waals surface area contributed by atoms with Crippen molar-refractivity contribution in [2.45, 2.75) is 39.7 Å². The van der Waals surface area contributed by atoms with Crippen molar-refractivity contribution in [3.05, 3.63) is 51.2 Å². The minimum absolute atomic E-state index is 0.0196. The molecule has 0 aliphatic carbocycles. The van der Waals surface area contributed by atoms with E-state index in [4.69, 9.17) is 0 Å². The molecule has 2 heterocycles. The van der Waals surface area contributed by atoms with Crippen LogP contribution in [0, 0.1) is 13.8 Å². The van der Waals surface area contributed by atoms with Crippen molar-refractivity contribution in [2.75, 3.05) is 32.0 Å². The molecule has 5 nitrogen and oxygen atoms in total. The molecule has 3 rings (SSSR count). The molecule has 0 bridgehead atoms. The highest BCUT2D eigenvalue weighted by molar-refractivity contribution is 7.10. The van der Waals surface area contributed by atoms with Crippen molar-refractivity contribution in [3.8, 4) is 0 Å². The van der Waals surface area contributed by atoms with Crippen molar-refractivity contribution in [2.24, 2.45) is 0 Å². The number of amides is 2. The number of thiophene rings is 1. The van der Waals surface area contributed by atoms with Crippen LogP contribution in [0.15, 0.2) is 29.6 Å². The third-order valence-electron chi connectivity index (χ3n) is 5.48. The average Bonchev–Trinajstić information content (AvgIpc) is 3.13. The van der Waals surface area contributed by atoms with E-state index in [1.54, 1.807) is 7.05 Å². The zero-order chi connectivity index (χ0) is 20.3. The van der Waals surface area contributed by atoms with Crippen molar-refractivity contribution in [1.82, 2.24) is 9.80 Å². The standard InChI is InChI=1S/C22H29N3O2S/c1-5-18-17-10-12-28-19(17)9-11-25(18)14-21(27)24(4)13-20(26)23-22-15(2)7-6-8-16(22)3/h6-8,10,12,18H,5,9,11,13-14H2,1-4H3,(H,23,26)/t18-/m0/s1. The fourth-order valence-corrected chi connectivity index (χ4v) is 4.83. The summed E-state index contributed by atoms with van der Waals surface area (Å²) in [5.41, 5.74) is 4.24. The molecule has 1 aliphatic rings. The van der Waals surface area contributed by atoms with Gasteiger partial charge in [-0.05, 0) is 54.8 Å². The molecule has 0 unspecified atom stereocenters. The summed E-state index contributed by atoms with van der Waals surface area (Å²) in [7, 11) is 1.70. The van der Waals surface area contributed by atoms with Crippen LogP contribution >= 0.6 is 11.3 Å². The van der Waals surface area contributed by atoms with E-state index in [0.29, 0.717) is 6.54 Å². The van der Waals surface area contributed by atoms with E-state index >= 15 is 0 Å². The van der Waals surface area contributed by atoms with Gasteiger partial charge in [0.2, 0.25) is 11.8 Å². The van der Waals surface area contributed by atoms with E-state index in [1.807, 2.05) is 43.4 Å². The number of rotatable bonds is 6. The fourth-order valence-electron chi connectivity index (χ4n) is 3.90. The normalized spacial score (nSPS) is 16.5. The Morgan fingerprint density at radius 1 is 1.25 bits per heavy atom. The first-order valence-electron chi connectivity index (χ1n) is 9.81. The van der Waals surface area contributed by atoms with Crippen LogP contribution in [0.4, 0.5) is 5.69 Å². The van der Waals surface area contributed by atoms with Crippen molar-refractivity contribution < 1.29 is 9.59 Å². The minimum Gasteiger partial charge on any atom is -0.335 e. The lowest BCUT2D eigenvalue weighted by Gasteiger charge is -2.35. The molecule has 2 amide bonds. The van der Waals surface area contributed by atoms with Gasteiger partial charge in [0.1, 0.15) is 0 Å². The Morgan fingerprint density at radius 3 is 2.64 bits per heavy atom. The maximum atomic E-state index is 12.8. The van der Waals surface area contributed by atoms with Crippen LogP contribution in [0.3, 0.4) is 0 Å². The molecule has 1 N–H and O–H groups in total. The summed E-state index contributed by atoms with van der Waals surface area (Å²) in [6.07, 6.45) is 1.97. The first-order valence-corrected chi connectivity index (χ1v) is 10.7. The number of aryl methyl sites for hydroxylation is 2. The second-order valence-corrected chi connectivity index (χ2v) is 8.51. The van der Waals surface area contributed by atoms with Gasteiger partial charge in [0, 0.05) is 30.2 Å². The second kappa shape index (κ2) is 8.88. The number of hydrogen-bond donors (Lipinski definition) is 1. The molecule has 0 fully saturated rings. The SMILES string of the molecule is CC[C@H]1c2ccsc2CCN1CC(=O)N(C)CC(=O)Nc1c(C)cccc1C. The number of anilines is 1. The first kappa shape index (κ1) is 20.6. The monoisotopic (exact) mass is 399 g/mol. The van der Waals surface area contributed by atoms with E-state index in [2.05, 4.69) is 28.6 Å². The van der Waals surface area contributed by atoms with Crippen LogP contribution in [-0.4, -0.2) is 48.3 Å². The zero-order valence-corrected chi connectivity index (χ0v) is 17.9. The molecular formula is C22H29N3O2S. The highest BCUT2D eigenvalue weighted by atomic mass is 32.1. The molecule has 1 aromatic heterocycles. The lowest BCUT2D eigenvalue weighted by Crippen LogP contribution is -2.44. The number of carbonyl (C=O) groups is 2. The van der Waals surface area contributed by atoms with Crippen LogP contribution in [0.25, 0.3) is 0 Å². The number of likely N-dealkylation sites (N-methyl/N-ethyl adjacent to an activating group) is 1. The van der Waals surface area contributed by atoms with Gasteiger partial charge < -0.3 is 10.2 Å². The van der Waals surface area contributed by atoms with Gasteiger partial charge in [-0.2, -0.15) is 0 Å². The van der Waals surface area contributed by atoms with E-state index < -0.39 is 0 Å². The molecular weight excluding hydrogens is 370 g/mol. The summed E-state index contributed by atoms with van der Waals surface area (Å²) >= 11 is 1.81. The molecule has 0 radical (unpaired) electrons. The van der Waals surface area contributed by atoms with E-state index in [9.17, 15) is 9.59 Å². The van der Waals surface area contributed by atoms with Gasteiger partial charge >= 0.3 is 0 Å². The number of fused-ring (bicyclic) bond motifs is 1. The van der Waals surface area contributed by atoms with Crippen LogP contribution in [0.1, 0.15) is 41.0 Å². The van der Waals surface area contributed by atoms with Crippen LogP contribution in [-0.2, 0) is 16.0 Å². The fraction of sp³-hybridized carbons (Fsp3) is 0.455. The molecule has 1 aromatic carbocycles. The van der Waals surface area contributed by atoms with Gasteiger partial charge in [-0.25, -0.2) is 0 Å². The number of hydrogen-bond acceptors (Lipinski definition) is 4. The Morgan fingerprint density at radius 2 is 1.96 bits per heavy atom. The van der Waals surface area contributed by atoms with Crippen molar-refractivity contribution >= 4 is 28.8 Å². The van der Waals surface area contributed by atoms with Crippen molar-refractivity contribution in [1.29, 1.82) is 0 Å². The molecule has 1 atom stereocenters. The van der Waals surface area contributed by atoms with E-state index in [-0.39, 0.29) is 24.4 Å². The molecule has 28 heavy (non-hydrogen) atoms. The molecule has 1 aliphatic heterocycles. The van der Waals surface area contributed by atoms with Crippen molar-refractivity contribution in [3.63, 3.8) is 0 Å². The number of nitrogens with one attached hydrogen (secondary N) is 1.